The maximum absolute atomic E-state index is 13.4. The zero-order chi connectivity index (χ0) is 19.4. The number of fused-ring (bicyclic) bond motifs is 2. The van der Waals surface area contributed by atoms with Crippen molar-refractivity contribution in [2.24, 2.45) is 10.9 Å². The summed E-state index contributed by atoms with van der Waals surface area (Å²) < 4.78 is 0. The van der Waals surface area contributed by atoms with Crippen molar-refractivity contribution in [3.05, 3.63) is 69.9 Å². The molecule has 2 unspecified atom stereocenters. The Morgan fingerprint density at radius 1 is 0.893 bits per heavy atom. The Labute approximate surface area is 165 Å². The predicted molar refractivity (Wildman–Crippen MR) is 102 cm³/mol. The Kier molecular flexibility index (Phi) is 3.84. The first-order valence-corrected chi connectivity index (χ1v) is 9.44. The third kappa shape index (κ3) is 2.41. The molecule has 0 spiro atoms. The molecule has 2 atom stereocenters. The van der Waals surface area contributed by atoms with E-state index in [0.29, 0.717) is 41.7 Å². The molecular weight excluding hydrogens is 378 g/mol. The van der Waals surface area contributed by atoms with Gasteiger partial charge in [-0.1, -0.05) is 24.3 Å². The zero-order valence-corrected chi connectivity index (χ0v) is 15.4. The van der Waals surface area contributed by atoms with E-state index < -0.39 is 11.8 Å². The van der Waals surface area contributed by atoms with Gasteiger partial charge in [0.1, 0.15) is 11.5 Å². The van der Waals surface area contributed by atoms with Crippen LogP contribution in [0.3, 0.4) is 0 Å². The molecule has 3 aliphatic rings. The second-order valence-electron chi connectivity index (χ2n) is 7.13. The van der Waals surface area contributed by atoms with Crippen molar-refractivity contribution < 1.29 is 14.4 Å². The first-order chi connectivity index (χ1) is 13.6. The minimum absolute atomic E-state index is 0.0237. The standard InChI is InChI=1S/C21H14ClN3O3/c22-21-23-8-10(9-24-21)15-16-13(6-3-7-14(16)26)25-18-17(15)19(27)11-4-1-2-5-12(11)20(18)28/h1-2,4-5,8-9,15-16H,3,6-7H2. The molecule has 0 saturated heterocycles. The van der Waals surface area contributed by atoms with Crippen molar-refractivity contribution in [1.29, 1.82) is 0 Å². The number of ketones is 3. The number of aliphatic imine (C=N–C) groups is 1. The summed E-state index contributed by atoms with van der Waals surface area (Å²) in [7, 11) is 0. The fourth-order valence-electron chi connectivity index (χ4n) is 4.38. The van der Waals surface area contributed by atoms with E-state index in [1.54, 1.807) is 24.3 Å². The number of benzene rings is 1. The van der Waals surface area contributed by atoms with Crippen molar-refractivity contribution >= 4 is 34.7 Å². The summed E-state index contributed by atoms with van der Waals surface area (Å²) in [5.41, 5.74) is 2.35. The SMILES string of the molecule is O=C1C2=C(C(=O)c3ccccc31)C(c1cnc(Cl)nc1)C1C(=O)CCCC1=N2. The molecule has 0 radical (unpaired) electrons. The predicted octanol–water partition coefficient (Wildman–Crippen LogP) is 3.37. The number of hydrogen-bond acceptors (Lipinski definition) is 6. The van der Waals surface area contributed by atoms with Crippen LogP contribution in [0.25, 0.3) is 0 Å². The Balaban J connectivity index is 1.77. The Morgan fingerprint density at radius 3 is 2.29 bits per heavy atom. The first kappa shape index (κ1) is 17.1. The van der Waals surface area contributed by atoms with Crippen LogP contribution in [0.1, 0.15) is 51.5 Å². The van der Waals surface area contributed by atoms with Crippen LogP contribution >= 0.6 is 11.6 Å². The largest absolute Gasteiger partial charge is 0.299 e. The summed E-state index contributed by atoms with van der Waals surface area (Å²) in [6, 6.07) is 6.72. The number of carbonyl (C=O) groups excluding carboxylic acids is 3. The van der Waals surface area contributed by atoms with Crippen LogP contribution in [-0.2, 0) is 4.79 Å². The molecule has 28 heavy (non-hydrogen) atoms. The number of carbonyl (C=O) groups is 3. The molecule has 0 amide bonds. The lowest BCUT2D eigenvalue weighted by molar-refractivity contribution is -0.121. The van der Waals surface area contributed by atoms with Gasteiger partial charge in [0.25, 0.3) is 0 Å². The molecule has 2 aromatic rings. The topological polar surface area (TPSA) is 89.4 Å². The van der Waals surface area contributed by atoms with Gasteiger partial charge in [0.2, 0.25) is 11.1 Å². The maximum Gasteiger partial charge on any atom is 0.222 e. The van der Waals surface area contributed by atoms with Crippen LogP contribution in [0.15, 0.2) is 52.9 Å². The fourth-order valence-corrected chi connectivity index (χ4v) is 4.48. The molecule has 7 heteroatoms. The average molecular weight is 392 g/mol. The van der Waals surface area contributed by atoms with Crippen LogP contribution in [0, 0.1) is 5.92 Å². The molecule has 2 aliphatic carbocycles. The summed E-state index contributed by atoms with van der Waals surface area (Å²) >= 11 is 5.83. The lowest BCUT2D eigenvalue weighted by Gasteiger charge is -2.37. The summed E-state index contributed by atoms with van der Waals surface area (Å²) in [6.45, 7) is 0. The van der Waals surface area contributed by atoms with Gasteiger partial charge in [-0.3, -0.25) is 19.4 Å². The smallest absolute Gasteiger partial charge is 0.222 e. The van der Waals surface area contributed by atoms with E-state index in [1.807, 2.05) is 0 Å². The number of aromatic nitrogens is 2. The molecule has 0 N–H and O–H groups in total. The van der Waals surface area contributed by atoms with E-state index in [4.69, 9.17) is 11.6 Å². The molecule has 0 bridgehead atoms. The molecule has 138 valence electrons. The second-order valence-corrected chi connectivity index (χ2v) is 7.47. The highest BCUT2D eigenvalue weighted by atomic mass is 35.5. The number of Topliss-reactive ketones (excluding diaryl/α,β-unsaturated/α-hetero) is 3. The molecular formula is C21H14ClN3O3. The first-order valence-electron chi connectivity index (χ1n) is 9.06. The number of halogens is 1. The van der Waals surface area contributed by atoms with Gasteiger partial charge in [-0.2, -0.15) is 0 Å². The third-order valence-corrected chi connectivity index (χ3v) is 5.79. The fraction of sp³-hybridized carbons (Fsp3) is 0.238. The van der Waals surface area contributed by atoms with Crippen molar-refractivity contribution in [3.63, 3.8) is 0 Å². The Bertz CT molecular complexity index is 1120. The monoisotopic (exact) mass is 391 g/mol. The summed E-state index contributed by atoms with van der Waals surface area (Å²) in [5.74, 6) is -1.73. The minimum atomic E-state index is -0.627. The van der Waals surface area contributed by atoms with Gasteiger partial charge in [0.15, 0.2) is 5.78 Å². The summed E-state index contributed by atoms with van der Waals surface area (Å²) in [5, 5.41) is 0.0778. The highest BCUT2D eigenvalue weighted by Gasteiger charge is 2.47. The quantitative estimate of drug-likeness (QED) is 0.695. The molecule has 1 aromatic heterocycles. The van der Waals surface area contributed by atoms with E-state index in [0.717, 1.165) is 0 Å². The van der Waals surface area contributed by atoms with Crippen LogP contribution in [0.5, 0.6) is 0 Å². The van der Waals surface area contributed by atoms with E-state index in [1.165, 1.54) is 12.4 Å². The molecule has 1 saturated carbocycles. The normalized spacial score (nSPS) is 23.8. The van der Waals surface area contributed by atoms with E-state index in [2.05, 4.69) is 15.0 Å². The van der Waals surface area contributed by atoms with Gasteiger partial charge in [-0.05, 0) is 30.0 Å². The van der Waals surface area contributed by atoms with Gasteiger partial charge in [0.05, 0.1) is 5.92 Å². The molecule has 5 rings (SSSR count). The van der Waals surface area contributed by atoms with Crippen LogP contribution in [0.2, 0.25) is 5.28 Å². The van der Waals surface area contributed by atoms with E-state index >= 15 is 0 Å². The highest BCUT2D eigenvalue weighted by molar-refractivity contribution is 6.30. The van der Waals surface area contributed by atoms with Gasteiger partial charge < -0.3 is 0 Å². The molecule has 2 heterocycles. The number of hydrogen-bond donors (Lipinski definition) is 0. The van der Waals surface area contributed by atoms with Crippen LogP contribution in [0.4, 0.5) is 0 Å². The summed E-state index contributed by atoms with van der Waals surface area (Å²) in [4.78, 5) is 51.9. The molecule has 1 aromatic carbocycles. The van der Waals surface area contributed by atoms with E-state index in [9.17, 15) is 14.4 Å². The van der Waals surface area contributed by atoms with Gasteiger partial charge in [-0.15, -0.1) is 0 Å². The van der Waals surface area contributed by atoms with Crippen molar-refractivity contribution in [2.45, 2.75) is 25.2 Å². The summed E-state index contributed by atoms with van der Waals surface area (Å²) in [6.07, 6.45) is 4.79. The second kappa shape index (κ2) is 6.27. The third-order valence-electron chi connectivity index (χ3n) is 5.59. The lowest BCUT2D eigenvalue weighted by Crippen LogP contribution is -2.41. The number of rotatable bonds is 1. The number of allylic oxidation sites excluding steroid dienone is 2. The Hall–Kier alpha value is -2.99. The molecule has 1 aliphatic heterocycles. The van der Waals surface area contributed by atoms with Crippen LogP contribution in [-0.4, -0.2) is 33.0 Å². The van der Waals surface area contributed by atoms with Gasteiger partial charge >= 0.3 is 0 Å². The maximum atomic E-state index is 13.4. The average Bonchev–Trinajstić information content (AvgIpc) is 2.71. The minimum Gasteiger partial charge on any atom is -0.299 e. The lowest BCUT2D eigenvalue weighted by atomic mass is 9.66. The van der Waals surface area contributed by atoms with Crippen LogP contribution < -0.4 is 0 Å². The zero-order valence-electron chi connectivity index (χ0n) is 14.7. The van der Waals surface area contributed by atoms with Gasteiger partial charge in [-0.25, -0.2) is 9.97 Å². The van der Waals surface area contributed by atoms with Crippen molar-refractivity contribution in [1.82, 2.24) is 9.97 Å². The number of nitrogens with zero attached hydrogens (tertiary/aromatic N) is 3. The van der Waals surface area contributed by atoms with Crippen molar-refractivity contribution in [2.75, 3.05) is 0 Å². The Morgan fingerprint density at radius 2 is 1.57 bits per heavy atom. The van der Waals surface area contributed by atoms with Gasteiger partial charge in [0, 0.05) is 47.1 Å². The molecule has 1 fully saturated rings. The van der Waals surface area contributed by atoms with Crippen molar-refractivity contribution in [3.8, 4) is 0 Å². The highest BCUT2D eigenvalue weighted by Crippen LogP contribution is 2.46. The molecule has 6 nitrogen and oxygen atoms in total. The van der Waals surface area contributed by atoms with E-state index in [-0.39, 0.29) is 33.9 Å².